The van der Waals surface area contributed by atoms with E-state index < -0.39 is 0 Å². The Bertz CT molecular complexity index is 1050. The molecule has 180 valence electrons. The summed E-state index contributed by atoms with van der Waals surface area (Å²) in [5, 5.41) is 3.03. The molecule has 1 N–H and O–H groups in total. The third-order valence-electron chi connectivity index (χ3n) is 7.07. The Morgan fingerprint density at radius 1 is 0.853 bits per heavy atom. The van der Waals surface area contributed by atoms with Crippen LogP contribution in [0.2, 0.25) is 0 Å². The van der Waals surface area contributed by atoms with Crippen molar-refractivity contribution in [2.45, 2.75) is 52.4 Å². The minimum Gasteiger partial charge on any atom is -0.340 e. The number of amides is 2. The Morgan fingerprint density at radius 2 is 1.53 bits per heavy atom. The molecule has 0 unspecified atom stereocenters. The van der Waals surface area contributed by atoms with Crippen LogP contribution in [0.5, 0.6) is 0 Å². The second-order valence-corrected chi connectivity index (χ2v) is 9.59. The molecule has 2 amide bonds. The van der Waals surface area contributed by atoms with E-state index in [1.54, 1.807) is 0 Å². The Morgan fingerprint density at radius 3 is 2.24 bits per heavy atom. The molecule has 2 aromatic rings. The predicted molar refractivity (Wildman–Crippen MR) is 134 cm³/mol. The molecular weight excluding hydrogens is 426 g/mol. The topological polar surface area (TPSA) is 69.7 Å². The van der Waals surface area contributed by atoms with Crippen molar-refractivity contribution in [3.8, 4) is 0 Å². The number of benzene rings is 2. The number of hydrogen-bond acceptors (Lipinski definition) is 4. The molecule has 0 bridgehead atoms. The molecule has 2 aromatic carbocycles. The maximum absolute atomic E-state index is 12.7. The molecule has 6 heteroatoms. The first-order chi connectivity index (χ1) is 16.4. The van der Waals surface area contributed by atoms with Crippen molar-refractivity contribution >= 4 is 23.3 Å². The Hall–Kier alpha value is -2.99. The summed E-state index contributed by atoms with van der Waals surface area (Å²) in [4.78, 5) is 41.8. The molecule has 4 rings (SSSR count). The van der Waals surface area contributed by atoms with Gasteiger partial charge in [-0.15, -0.1) is 0 Å². The van der Waals surface area contributed by atoms with Gasteiger partial charge in [-0.1, -0.05) is 30.3 Å². The van der Waals surface area contributed by atoms with Gasteiger partial charge in [0.2, 0.25) is 11.8 Å². The van der Waals surface area contributed by atoms with E-state index in [0.29, 0.717) is 32.7 Å². The van der Waals surface area contributed by atoms with E-state index in [9.17, 15) is 14.4 Å². The van der Waals surface area contributed by atoms with Crippen molar-refractivity contribution in [2.75, 3.05) is 38.0 Å². The molecule has 1 aliphatic heterocycles. The van der Waals surface area contributed by atoms with Gasteiger partial charge in [0.05, 0.1) is 6.54 Å². The molecule has 0 radical (unpaired) electrons. The number of hydrogen-bond donors (Lipinski definition) is 1. The van der Waals surface area contributed by atoms with Crippen molar-refractivity contribution in [3.63, 3.8) is 0 Å². The molecule has 1 saturated heterocycles. The number of piperazine rings is 1. The van der Waals surface area contributed by atoms with Crippen molar-refractivity contribution in [1.82, 2.24) is 9.80 Å². The van der Waals surface area contributed by atoms with Gasteiger partial charge in [-0.3, -0.25) is 19.3 Å². The molecule has 0 aromatic heterocycles. The third-order valence-corrected chi connectivity index (χ3v) is 7.07. The van der Waals surface area contributed by atoms with Crippen LogP contribution in [-0.4, -0.2) is 60.1 Å². The average molecular weight is 462 g/mol. The highest BCUT2D eigenvalue weighted by Crippen LogP contribution is 2.23. The monoisotopic (exact) mass is 461 g/mol. The molecule has 34 heavy (non-hydrogen) atoms. The van der Waals surface area contributed by atoms with Crippen LogP contribution >= 0.6 is 0 Å². The van der Waals surface area contributed by atoms with Crippen LogP contribution in [-0.2, 0) is 22.4 Å². The molecular formula is C28H35N3O3. The fourth-order valence-corrected chi connectivity index (χ4v) is 4.98. The van der Waals surface area contributed by atoms with E-state index in [1.165, 1.54) is 24.0 Å². The molecule has 0 saturated carbocycles. The van der Waals surface area contributed by atoms with Crippen LogP contribution in [0.1, 0.15) is 58.3 Å². The Labute approximate surface area is 202 Å². The maximum Gasteiger partial charge on any atom is 0.238 e. The smallest absolute Gasteiger partial charge is 0.238 e. The summed E-state index contributed by atoms with van der Waals surface area (Å²) in [6, 6.07) is 12.0. The summed E-state index contributed by atoms with van der Waals surface area (Å²) < 4.78 is 0. The van der Waals surface area contributed by atoms with E-state index in [2.05, 4.69) is 16.3 Å². The largest absolute Gasteiger partial charge is 0.340 e. The number of ketones is 1. The molecule has 0 spiro atoms. The lowest BCUT2D eigenvalue weighted by Gasteiger charge is -2.34. The van der Waals surface area contributed by atoms with Gasteiger partial charge in [0.15, 0.2) is 5.78 Å². The Balaban J connectivity index is 1.21. The highest BCUT2D eigenvalue weighted by atomic mass is 16.2. The number of nitrogens with zero attached hydrogens (tertiary/aromatic N) is 2. The van der Waals surface area contributed by atoms with Gasteiger partial charge in [-0.25, -0.2) is 0 Å². The first kappa shape index (κ1) is 24.1. The number of aryl methyl sites for hydroxylation is 4. The second-order valence-electron chi connectivity index (χ2n) is 9.59. The fraction of sp³-hybridized carbons (Fsp3) is 0.464. The van der Waals surface area contributed by atoms with E-state index in [1.807, 2.05) is 49.1 Å². The summed E-state index contributed by atoms with van der Waals surface area (Å²) >= 11 is 0. The molecule has 1 aliphatic carbocycles. The number of para-hydroxylation sites is 1. The highest BCUT2D eigenvalue weighted by Gasteiger charge is 2.23. The Kier molecular flexibility index (Phi) is 7.78. The zero-order chi connectivity index (χ0) is 24.1. The fourth-order valence-electron chi connectivity index (χ4n) is 4.98. The van der Waals surface area contributed by atoms with Crippen molar-refractivity contribution in [3.05, 3.63) is 64.2 Å². The zero-order valence-corrected chi connectivity index (χ0v) is 20.4. The van der Waals surface area contributed by atoms with Crippen molar-refractivity contribution in [2.24, 2.45) is 0 Å². The summed E-state index contributed by atoms with van der Waals surface area (Å²) in [7, 11) is 0. The summed E-state index contributed by atoms with van der Waals surface area (Å²) in [5.41, 5.74) is 6.36. The maximum atomic E-state index is 12.7. The van der Waals surface area contributed by atoms with Crippen LogP contribution in [0, 0.1) is 13.8 Å². The van der Waals surface area contributed by atoms with E-state index >= 15 is 0 Å². The first-order valence-electron chi connectivity index (χ1n) is 12.4. The average Bonchev–Trinajstić information content (AvgIpc) is 2.85. The van der Waals surface area contributed by atoms with Gasteiger partial charge < -0.3 is 10.2 Å². The molecule has 2 aliphatic rings. The van der Waals surface area contributed by atoms with Crippen LogP contribution in [0.4, 0.5) is 5.69 Å². The standard InChI is InChI=1S/C28H35N3O3/c1-20-6-5-7-21(2)28(20)29-26(33)19-30-14-16-31(17-15-30)27(34)13-12-25(32)24-11-10-22-8-3-4-9-23(22)18-24/h5-7,10-11,18H,3-4,8-9,12-17,19H2,1-2H3,(H,29,33). The summed E-state index contributed by atoms with van der Waals surface area (Å²) in [6.45, 7) is 6.78. The highest BCUT2D eigenvalue weighted by molar-refractivity contribution is 5.98. The van der Waals surface area contributed by atoms with Gasteiger partial charge in [0.25, 0.3) is 0 Å². The number of anilines is 1. The minimum atomic E-state index is -0.0344. The lowest BCUT2D eigenvalue weighted by Crippen LogP contribution is -2.50. The number of carbonyl (C=O) groups excluding carboxylic acids is 3. The van der Waals surface area contributed by atoms with E-state index in [4.69, 9.17) is 0 Å². The quantitative estimate of drug-likeness (QED) is 0.635. The molecule has 0 atom stereocenters. The lowest BCUT2D eigenvalue weighted by molar-refractivity contribution is -0.133. The molecule has 1 heterocycles. The SMILES string of the molecule is Cc1cccc(C)c1NC(=O)CN1CCN(C(=O)CCC(=O)c2ccc3c(c2)CCCC3)CC1. The van der Waals surface area contributed by atoms with Gasteiger partial charge in [0.1, 0.15) is 0 Å². The predicted octanol–water partition coefficient (Wildman–Crippen LogP) is 3.93. The molecule has 1 fully saturated rings. The molecule has 6 nitrogen and oxygen atoms in total. The lowest BCUT2D eigenvalue weighted by atomic mass is 9.89. The summed E-state index contributed by atoms with van der Waals surface area (Å²) in [6.07, 6.45) is 5.03. The number of fused-ring (bicyclic) bond motifs is 1. The number of Topliss-reactive ketones (excluding diaryl/α,β-unsaturated/α-hetero) is 1. The van der Waals surface area contributed by atoms with Gasteiger partial charge in [0, 0.05) is 50.3 Å². The first-order valence-corrected chi connectivity index (χ1v) is 12.4. The van der Waals surface area contributed by atoms with Crippen LogP contribution in [0.25, 0.3) is 0 Å². The van der Waals surface area contributed by atoms with Crippen molar-refractivity contribution < 1.29 is 14.4 Å². The van der Waals surface area contributed by atoms with Gasteiger partial charge in [-0.2, -0.15) is 0 Å². The van der Waals surface area contributed by atoms with Crippen LogP contribution in [0.3, 0.4) is 0 Å². The summed E-state index contributed by atoms with van der Waals surface area (Å²) in [5.74, 6) is 0.0299. The van der Waals surface area contributed by atoms with Crippen LogP contribution < -0.4 is 5.32 Å². The number of nitrogens with one attached hydrogen (secondary N) is 1. The van der Waals surface area contributed by atoms with Gasteiger partial charge >= 0.3 is 0 Å². The van der Waals surface area contributed by atoms with Gasteiger partial charge in [-0.05, 0) is 67.9 Å². The third kappa shape index (κ3) is 5.92. The van der Waals surface area contributed by atoms with E-state index in [0.717, 1.165) is 35.2 Å². The van der Waals surface area contributed by atoms with Crippen LogP contribution in [0.15, 0.2) is 36.4 Å². The minimum absolute atomic E-state index is 0.0194. The zero-order valence-electron chi connectivity index (χ0n) is 20.4. The van der Waals surface area contributed by atoms with Crippen molar-refractivity contribution in [1.29, 1.82) is 0 Å². The normalized spacial score (nSPS) is 16.1. The number of rotatable bonds is 7. The van der Waals surface area contributed by atoms with E-state index in [-0.39, 0.29) is 30.4 Å². The second kappa shape index (κ2) is 11.0. The number of carbonyl (C=O) groups is 3.